The Kier molecular flexibility index (Phi) is 2.98. The van der Waals surface area contributed by atoms with Gasteiger partial charge in [0.25, 0.3) is 0 Å². The molecule has 0 spiro atoms. The highest BCUT2D eigenvalue weighted by Gasteiger charge is 2.38. The molecule has 0 aromatic heterocycles. The van der Waals surface area contributed by atoms with E-state index in [-0.39, 0.29) is 11.8 Å². The van der Waals surface area contributed by atoms with E-state index >= 15 is 0 Å². The summed E-state index contributed by atoms with van der Waals surface area (Å²) in [5.74, 6) is 0.356. The molecule has 0 aromatic carbocycles. The molecule has 4 heteroatoms. The van der Waals surface area contributed by atoms with Crippen molar-refractivity contribution < 1.29 is 9.53 Å². The van der Waals surface area contributed by atoms with E-state index in [1.165, 1.54) is 0 Å². The monoisotopic (exact) mass is 212 g/mol. The van der Waals surface area contributed by atoms with Crippen molar-refractivity contribution in [3.8, 4) is 0 Å². The van der Waals surface area contributed by atoms with Crippen LogP contribution in [0.2, 0.25) is 0 Å². The van der Waals surface area contributed by atoms with E-state index in [1.807, 2.05) is 18.9 Å². The molecule has 2 saturated heterocycles. The molecule has 0 saturated carbocycles. The van der Waals surface area contributed by atoms with Gasteiger partial charge in [0.1, 0.15) is 0 Å². The molecule has 0 aliphatic carbocycles. The Labute approximate surface area is 91.2 Å². The quantitative estimate of drug-likeness (QED) is 0.574. The summed E-state index contributed by atoms with van der Waals surface area (Å²) in [6.07, 6.45) is 0. The normalized spacial score (nSPS) is 38.7. The molecule has 3 atom stereocenters. The molecular formula is C11H20N2O2. The third kappa shape index (κ3) is 1.88. The fourth-order valence-electron chi connectivity index (χ4n) is 2.61. The number of nitrogens with zero attached hydrogens (tertiary/aromatic N) is 2. The second kappa shape index (κ2) is 4.10. The van der Waals surface area contributed by atoms with Crippen molar-refractivity contribution in [3.63, 3.8) is 0 Å². The van der Waals surface area contributed by atoms with E-state index in [0.717, 1.165) is 26.3 Å². The van der Waals surface area contributed by atoms with E-state index in [4.69, 9.17) is 4.74 Å². The second-order valence-corrected chi connectivity index (χ2v) is 4.71. The Bertz CT molecular complexity index is 257. The number of morpholine rings is 1. The summed E-state index contributed by atoms with van der Waals surface area (Å²) in [6, 6.07) is 0.712. The lowest BCUT2D eigenvalue weighted by Gasteiger charge is -2.38. The Morgan fingerprint density at radius 2 is 2.13 bits per heavy atom. The van der Waals surface area contributed by atoms with Crippen LogP contribution < -0.4 is 0 Å². The Morgan fingerprint density at radius 3 is 2.87 bits per heavy atom. The van der Waals surface area contributed by atoms with Gasteiger partial charge in [-0.1, -0.05) is 6.92 Å². The van der Waals surface area contributed by atoms with Crippen molar-refractivity contribution in [1.29, 1.82) is 0 Å². The lowest BCUT2D eigenvalue weighted by Crippen LogP contribution is -2.52. The molecule has 15 heavy (non-hydrogen) atoms. The first-order valence-electron chi connectivity index (χ1n) is 5.69. The molecule has 2 rings (SSSR count). The topological polar surface area (TPSA) is 32.8 Å². The molecule has 0 N–H and O–H groups in total. The average molecular weight is 212 g/mol. The second-order valence-electron chi connectivity index (χ2n) is 4.71. The molecule has 4 nitrogen and oxygen atoms in total. The van der Waals surface area contributed by atoms with Gasteiger partial charge in [0.15, 0.2) is 0 Å². The first-order valence-corrected chi connectivity index (χ1v) is 5.69. The number of carbonyl (C=O) groups is 1. The van der Waals surface area contributed by atoms with Crippen LogP contribution in [0.4, 0.5) is 0 Å². The van der Waals surface area contributed by atoms with Gasteiger partial charge in [0.05, 0.1) is 25.2 Å². The summed E-state index contributed by atoms with van der Waals surface area (Å²) in [4.78, 5) is 16.2. The molecule has 1 amide bonds. The number of fused-ring (bicyclic) bond motifs is 1. The SMILES string of the molecule is C[C@@H]1C(=O)N(C)CC2COCCN2[C@@H]1C. The number of likely N-dealkylation sites (N-methyl/N-ethyl adjacent to an activating group) is 1. The maximum Gasteiger partial charge on any atom is 0.226 e. The van der Waals surface area contributed by atoms with Gasteiger partial charge in [-0.15, -0.1) is 0 Å². The number of ether oxygens (including phenoxy) is 1. The smallest absolute Gasteiger partial charge is 0.226 e. The highest BCUT2D eigenvalue weighted by Crippen LogP contribution is 2.23. The lowest BCUT2D eigenvalue weighted by molar-refractivity contribution is -0.133. The summed E-state index contributed by atoms with van der Waals surface area (Å²) in [7, 11) is 1.89. The molecular weight excluding hydrogens is 192 g/mol. The largest absolute Gasteiger partial charge is 0.378 e. The van der Waals surface area contributed by atoms with E-state index in [1.54, 1.807) is 0 Å². The van der Waals surface area contributed by atoms with E-state index in [9.17, 15) is 4.79 Å². The number of hydrogen-bond donors (Lipinski definition) is 0. The van der Waals surface area contributed by atoms with E-state index < -0.39 is 0 Å². The number of hydrogen-bond acceptors (Lipinski definition) is 3. The summed E-state index contributed by atoms with van der Waals surface area (Å²) in [5.41, 5.74) is 0. The zero-order valence-electron chi connectivity index (χ0n) is 9.77. The number of amides is 1. The van der Waals surface area contributed by atoms with Crippen LogP contribution in [0.3, 0.4) is 0 Å². The van der Waals surface area contributed by atoms with Crippen LogP contribution in [-0.2, 0) is 9.53 Å². The van der Waals surface area contributed by atoms with Crippen molar-refractivity contribution in [2.45, 2.75) is 25.9 Å². The van der Waals surface area contributed by atoms with Gasteiger partial charge in [-0.05, 0) is 6.92 Å². The Hall–Kier alpha value is -0.610. The van der Waals surface area contributed by atoms with Crippen molar-refractivity contribution in [2.24, 2.45) is 5.92 Å². The minimum atomic E-state index is 0.0955. The Balaban J connectivity index is 2.20. The minimum Gasteiger partial charge on any atom is -0.378 e. The molecule has 2 heterocycles. The van der Waals surface area contributed by atoms with Crippen molar-refractivity contribution in [1.82, 2.24) is 9.80 Å². The highest BCUT2D eigenvalue weighted by molar-refractivity contribution is 5.79. The van der Waals surface area contributed by atoms with Gasteiger partial charge in [-0.2, -0.15) is 0 Å². The fraction of sp³-hybridized carbons (Fsp3) is 0.909. The maximum atomic E-state index is 12.0. The van der Waals surface area contributed by atoms with E-state index in [0.29, 0.717) is 12.1 Å². The molecule has 2 fully saturated rings. The van der Waals surface area contributed by atoms with Gasteiger partial charge in [-0.25, -0.2) is 0 Å². The van der Waals surface area contributed by atoms with Crippen molar-refractivity contribution in [3.05, 3.63) is 0 Å². The third-order valence-corrected chi connectivity index (χ3v) is 3.77. The van der Waals surface area contributed by atoms with Crippen LogP contribution in [0.15, 0.2) is 0 Å². The zero-order valence-corrected chi connectivity index (χ0v) is 9.77. The van der Waals surface area contributed by atoms with Crippen molar-refractivity contribution >= 4 is 5.91 Å². The van der Waals surface area contributed by atoms with Crippen LogP contribution in [0, 0.1) is 5.92 Å². The number of carbonyl (C=O) groups excluding carboxylic acids is 1. The molecule has 0 radical (unpaired) electrons. The molecule has 2 aliphatic heterocycles. The predicted octanol–water partition coefficient (Wildman–Crippen LogP) is 0.184. The summed E-state index contributed by atoms with van der Waals surface area (Å²) >= 11 is 0. The molecule has 2 aliphatic rings. The zero-order chi connectivity index (χ0) is 11.0. The first kappa shape index (κ1) is 10.9. The van der Waals surface area contributed by atoms with Crippen LogP contribution in [0.1, 0.15) is 13.8 Å². The fourth-order valence-corrected chi connectivity index (χ4v) is 2.61. The molecule has 86 valence electrons. The standard InChI is InChI=1S/C11H20N2O2/c1-8-9(2)13-4-5-15-7-10(13)6-12(3)11(8)14/h8-10H,4-7H2,1-3H3/t8-,9+,10?/m0/s1. The van der Waals surface area contributed by atoms with Crippen molar-refractivity contribution in [2.75, 3.05) is 33.4 Å². The minimum absolute atomic E-state index is 0.0955. The lowest BCUT2D eigenvalue weighted by atomic mass is 10.0. The Morgan fingerprint density at radius 1 is 1.40 bits per heavy atom. The van der Waals surface area contributed by atoms with Crippen LogP contribution in [0.5, 0.6) is 0 Å². The van der Waals surface area contributed by atoms with Gasteiger partial charge in [-0.3, -0.25) is 9.69 Å². The van der Waals surface area contributed by atoms with Gasteiger partial charge in [0.2, 0.25) is 5.91 Å². The average Bonchev–Trinajstić information content (AvgIpc) is 2.32. The van der Waals surface area contributed by atoms with Gasteiger partial charge >= 0.3 is 0 Å². The molecule has 1 unspecified atom stereocenters. The van der Waals surface area contributed by atoms with Crippen LogP contribution in [-0.4, -0.2) is 61.1 Å². The number of rotatable bonds is 0. The maximum absolute atomic E-state index is 12.0. The summed E-state index contributed by atoms with van der Waals surface area (Å²) < 4.78 is 5.48. The van der Waals surface area contributed by atoms with Gasteiger partial charge in [0, 0.05) is 26.2 Å². The van der Waals surface area contributed by atoms with E-state index in [2.05, 4.69) is 11.8 Å². The first-order chi connectivity index (χ1) is 7.11. The summed E-state index contributed by atoms with van der Waals surface area (Å²) in [6.45, 7) is 7.49. The third-order valence-electron chi connectivity index (χ3n) is 3.77. The van der Waals surface area contributed by atoms with Crippen LogP contribution in [0.25, 0.3) is 0 Å². The predicted molar refractivity (Wildman–Crippen MR) is 57.6 cm³/mol. The molecule has 0 aromatic rings. The van der Waals surface area contributed by atoms with Crippen LogP contribution >= 0.6 is 0 Å². The summed E-state index contributed by atoms with van der Waals surface area (Å²) in [5, 5.41) is 0. The molecule has 0 bridgehead atoms. The highest BCUT2D eigenvalue weighted by atomic mass is 16.5. The van der Waals surface area contributed by atoms with Gasteiger partial charge < -0.3 is 9.64 Å².